The monoisotopic (exact) mass is 408 g/mol. The molecule has 1 aromatic rings. The van der Waals surface area contributed by atoms with Crippen LogP contribution in [0.3, 0.4) is 0 Å². The molecule has 8 heteroatoms. The van der Waals surface area contributed by atoms with Crippen LogP contribution in [-0.2, 0) is 9.53 Å². The van der Waals surface area contributed by atoms with Crippen LogP contribution < -0.4 is 0 Å². The van der Waals surface area contributed by atoms with Crippen molar-refractivity contribution in [2.45, 2.75) is 45.0 Å². The van der Waals surface area contributed by atoms with Gasteiger partial charge < -0.3 is 29.9 Å². The molecule has 3 atom stereocenters. The topological polar surface area (TPSA) is 111 Å². The summed E-state index contributed by atoms with van der Waals surface area (Å²) >= 11 is 0. The predicted octanol–water partition coefficient (Wildman–Crippen LogP) is 0.179. The van der Waals surface area contributed by atoms with E-state index in [0.29, 0.717) is 38.1 Å². The van der Waals surface area contributed by atoms with Crippen LogP contribution >= 0.6 is 0 Å². The van der Waals surface area contributed by atoms with E-state index in [1.54, 1.807) is 11.0 Å². The maximum Gasteiger partial charge on any atom is 0.254 e. The molecule has 0 bridgehead atoms. The van der Waals surface area contributed by atoms with Gasteiger partial charge in [0.15, 0.2) is 0 Å². The highest BCUT2D eigenvalue weighted by Gasteiger charge is 2.28. The summed E-state index contributed by atoms with van der Waals surface area (Å²) in [5, 5.41) is 30.3. The maximum absolute atomic E-state index is 13.1. The van der Waals surface area contributed by atoms with Crippen molar-refractivity contribution < 1.29 is 29.6 Å². The molecule has 1 fully saturated rings. The lowest BCUT2D eigenvalue weighted by atomic mass is 10.1. The lowest BCUT2D eigenvalue weighted by molar-refractivity contribution is -0.134. The first-order chi connectivity index (χ1) is 13.8. The normalized spacial score (nSPS) is 25.3. The summed E-state index contributed by atoms with van der Waals surface area (Å²) in [5.41, 5.74) is 1.51. The van der Waals surface area contributed by atoms with Crippen molar-refractivity contribution in [3.63, 3.8) is 0 Å². The number of β-amino-alcohol motifs (C(OH)–C–C–N with tert-alkyl or cyclic N) is 1. The molecule has 162 valence electrons. The van der Waals surface area contributed by atoms with E-state index >= 15 is 0 Å². The number of amides is 2. The number of hydrogen-bond acceptors (Lipinski definition) is 6. The first kappa shape index (κ1) is 23.3. The van der Waals surface area contributed by atoms with Crippen molar-refractivity contribution in [2.24, 2.45) is 0 Å². The number of aliphatic hydroxyl groups is 3. The van der Waals surface area contributed by atoms with Gasteiger partial charge in [-0.25, -0.2) is 0 Å². The Bertz CT molecular complexity index is 683. The summed E-state index contributed by atoms with van der Waals surface area (Å²) in [7, 11) is 0. The van der Waals surface area contributed by atoms with Gasteiger partial charge in [0.1, 0.15) is 18.3 Å². The Morgan fingerprint density at radius 1 is 1.00 bits per heavy atom. The summed E-state index contributed by atoms with van der Waals surface area (Å²) in [4.78, 5) is 28.2. The van der Waals surface area contributed by atoms with Crippen LogP contribution in [0, 0.1) is 6.92 Å². The molecule has 8 nitrogen and oxygen atoms in total. The maximum atomic E-state index is 13.1. The molecule has 1 saturated heterocycles. The Kier molecular flexibility index (Phi) is 9.03. The van der Waals surface area contributed by atoms with E-state index in [1.807, 2.05) is 25.1 Å². The second kappa shape index (κ2) is 11.3. The molecule has 0 aromatic heterocycles. The van der Waals surface area contributed by atoms with E-state index in [9.17, 15) is 24.9 Å². The number of carbonyl (C=O) groups is 2. The van der Waals surface area contributed by atoms with Gasteiger partial charge in [-0.15, -0.1) is 0 Å². The standard InChI is InChI=1S/C21H32N2O6/c1-15-7-3-4-8-17(15)21(28)22-9-5-6-12-29-14-19(26)20(27)18(25)13-23(11-10-22)16(2)24/h3-4,7-8,18-20,25-27H,5-6,9-14H2,1-2H3/t18-,19+,20+/m0/s1. The fraction of sp³-hybridized carbons (Fsp3) is 0.619. The Hall–Kier alpha value is -2.00. The number of benzene rings is 1. The second-order valence-electron chi connectivity index (χ2n) is 7.48. The van der Waals surface area contributed by atoms with E-state index in [4.69, 9.17) is 4.74 Å². The summed E-state index contributed by atoms with van der Waals surface area (Å²) in [6.45, 7) is 4.43. The van der Waals surface area contributed by atoms with Gasteiger partial charge in [-0.3, -0.25) is 9.59 Å². The van der Waals surface area contributed by atoms with Crippen molar-refractivity contribution in [3.8, 4) is 0 Å². The molecule has 3 N–H and O–H groups in total. The van der Waals surface area contributed by atoms with E-state index in [2.05, 4.69) is 0 Å². The van der Waals surface area contributed by atoms with Crippen LogP contribution in [0.2, 0.25) is 0 Å². The molecule has 2 rings (SSSR count). The first-order valence-electron chi connectivity index (χ1n) is 10.0. The largest absolute Gasteiger partial charge is 0.388 e. The van der Waals surface area contributed by atoms with Crippen LogP contribution in [-0.4, -0.2) is 94.6 Å². The van der Waals surface area contributed by atoms with Gasteiger partial charge in [-0.1, -0.05) is 18.2 Å². The van der Waals surface area contributed by atoms with Gasteiger partial charge in [0.25, 0.3) is 5.91 Å². The fourth-order valence-corrected chi connectivity index (χ4v) is 3.32. The third-order valence-corrected chi connectivity index (χ3v) is 5.20. The van der Waals surface area contributed by atoms with E-state index in [0.717, 1.165) is 5.56 Å². The molecule has 0 unspecified atom stereocenters. The number of carbonyl (C=O) groups excluding carboxylic acids is 2. The lowest BCUT2D eigenvalue weighted by Gasteiger charge is -2.31. The molecule has 0 radical (unpaired) electrons. The van der Waals surface area contributed by atoms with Gasteiger partial charge in [-0.05, 0) is 31.4 Å². The third kappa shape index (κ3) is 6.78. The molecule has 1 heterocycles. The molecule has 0 spiro atoms. The number of aliphatic hydroxyl groups excluding tert-OH is 3. The minimum atomic E-state index is -1.43. The van der Waals surface area contributed by atoms with Gasteiger partial charge in [0.2, 0.25) is 5.91 Å². The van der Waals surface area contributed by atoms with E-state index in [1.165, 1.54) is 11.8 Å². The minimum Gasteiger partial charge on any atom is -0.388 e. The zero-order valence-electron chi connectivity index (χ0n) is 17.2. The van der Waals surface area contributed by atoms with Crippen LogP contribution in [0.25, 0.3) is 0 Å². The average Bonchev–Trinajstić information content (AvgIpc) is 2.69. The molecular weight excluding hydrogens is 376 g/mol. The van der Waals surface area contributed by atoms with Gasteiger partial charge in [0, 0.05) is 45.3 Å². The molecule has 1 aromatic carbocycles. The highest BCUT2D eigenvalue weighted by atomic mass is 16.5. The highest BCUT2D eigenvalue weighted by molar-refractivity contribution is 5.95. The van der Waals surface area contributed by atoms with E-state index < -0.39 is 18.3 Å². The van der Waals surface area contributed by atoms with Crippen molar-refractivity contribution in [1.29, 1.82) is 0 Å². The van der Waals surface area contributed by atoms with Crippen molar-refractivity contribution in [1.82, 2.24) is 9.80 Å². The van der Waals surface area contributed by atoms with Crippen molar-refractivity contribution >= 4 is 11.8 Å². The molecule has 1 aliphatic heterocycles. The average molecular weight is 408 g/mol. The van der Waals surface area contributed by atoms with Gasteiger partial charge in [0.05, 0.1) is 6.61 Å². The zero-order chi connectivity index (χ0) is 21.4. The highest BCUT2D eigenvalue weighted by Crippen LogP contribution is 2.13. The van der Waals surface area contributed by atoms with Crippen molar-refractivity contribution in [3.05, 3.63) is 35.4 Å². The quantitative estimate of drug-likeness (QED) is 0.611. The number of nitrogens with zero attached hydrogens (tertiary/aromatic N) is 2. The van der Waals surface area contributed by atoms with Crippen LogP contribution in [0.1, 0.15) is 35.7 Å². The van der Waals surface area contributed by atoms with Crippen molar-refractivity contribution in [2.75, 3.05) is 39.4 Å². The SMILES string of the molecule is CC(=O)N1CCN(C(=O)c2ccccc2C)CCCCOC[C@@H](O)[C@H](O)[C@@H](O)C1. The summed E-state index contributed by atoms with van der Waals surface area (Å²) in [6.07, 6.45) is -2.59. The van der Waals surface area contributed by atoms with Gasteiger partial charge >= 0.3 is 0 Å². The van der Waals surface area contributed by atoms with Crippen LogP contribution in [0.15, 0.2) is 24.3 Å². The second-order valence-corrected chi connectivity index (χ2v) is 7.48. The Balaban J connectivity index is 2.17. The molecule has 0 saturated carbocycles. The molecule has 0 aliphatic carbocycles. The lowest BCUT2D eigenvalue weighted by Crippen LogP contribution is -2.49. The number of ether oxygens (including phenoxy) is 1. The Morgan fingerprint density at radius 3 is 2.38 bits per heavy atom. The Labute approximate surface area is 171 Å². The van der Waals surface area contributed by atoms with Crippen LogP contribution in [0.5, 0.6) is 0 Å². The summed E-state index contributed by atoms with van der Waals surface area (Å²) in [6, 6.07) is 7.38. The fourth-order valence-electron chi connectivity index (χ4n) is 3.32. The van der Waals surface area contributed by atoms with E-state index in [-0.39, 0.29) is 31.5 Å². The predicted molar refractivity (Wildman–Crippen MR) is 107 cm³/mol. The third-order valence-electron chi connectivity index (χ3n) is 5.20. The molecule has 1 aliphatic rings. The molecular formula is C21H32N2O6. The van der Waals surface area contributed by atoms with Gasteiger partial charge in [-0.2, -0.15) is 0 Å². The zero-order valence-corrected chi connectivity index (χ0v) is 17.2. The molecule has 2 amide bonds. The summed E-state index contributed by atoms with van der Waals surface area (Å²) in [5.74, 6) is -0.381. The van der Waals surface area contributed by atoms with Crippen LogP contribution in [0.4, 0.5) is 0 Å². The number of aryl methyl sites for hydroxylation is 1. The molecule has 29 heavy (non-hydrogen) atoms. The smallest absolute Gasteiger partial charge is 0.254 e. The first-order valence-corrected chi connectivity index (χ1v) is 10.0. The number of hydrogen-bond donors (Lipinski definition) is 3. The Morgan fingerprint density at radius 2 is 1.69 bits per heavy atom. The minimum absolute atomic E-state index is 0.101. The number of rotatable bonds is 1. The summed E-state index contributed by atoms with van der Waals surface area (Å²) < 4.78 is 5.38.